The van der Waals surface area contributed by atoms with E-state index in [1.807, 2.05) is 36.9 Å². The van der Waals surface area contributed by atoms with Crippen LogP contribution in [0.2, 0.25) is 0 Å². The number of benzene rings is 1. The summed E-state index contributed by atoms with van der Waals surface area (Å²) in [4.78, 5) is 4.67. The van der Waals surface area contributed by atoms with Gasteiger partial charge in [-0.05, 0) is 62.1 Å². The van der Waals surface area contributed by atoms with Crippen LogP contribution in [0.3, 0.4) is 0 Å². The summed E-state index contributed by atoms with van der Waals surface area (Å²) in [6.07, 6.45) is 7.34. The number of hydrogen-bond acceptors (Lipinski definition) is 8. The van der Waals surface area contributed by atoms with E-state index in [1.165, 1.54) is 11.1 Å². The fourth-order valence-corrected chi connectivity index (χ4v) is 6.18. The van der Waals surface area contributed by atoms with Crippen molar-refractivity contribution in [3.63, 3.8) is 0 Å². The molecule has 2 aromatic rings. The largest absolute Gasteiger partial charge is 0.490 e. The van der Waals surface area contributed by atoms with Crippen LogP contribution >= 0.6 is 0 Å². The van der Waals surface area contributed by atoms with Gasteiger partial charge in [0.2, 0.25) is 0 Å². The summed E-state index contributed by atoms with van der Waals surface area (Å²) < 4.78 is 35.3. The lowest BCUT2D eigenvalue weighted by Gasteiger charge is -2.31. The maximum absolute atomic E-state index is 11.2. The van der Waals surface area contributed by atoms with Crippen molar-refractivity contribution in [1.82, 2.24) is 15.1 Å². The highest BCUT2D eigenvalue weighted by molar-refractivity contribution is 7.84. The molecule has 1 aromatic carbocycles. The Morgan fingerprint density at radius 2 is 2.05 bits per heavy atom. The maximum Gasteiger partial charge on any atom is 0.333 e. The Hall–Kier alpha value is -2.57. The van der Waals surface area contributed by atoms with Gasteiger partial charge in [-0.2, -0.15) is 13.5 Å². The van der Waals surface area contributed by atoms with E-state index < -0.39 is 16.4 Å². The Kier molecular flexibility index (Phi) is 7.49. The van der Waals surface area contributed by atoms with Crippen LogP contribution in [-0.2, 0) is 14.5 Å². The van der Waals surface area contributed by atoms with E-state index >= 15 is 0 Å². The molecule has 1 saturated carbocycles. The predicted molar refractivity (Wildman–Crippen MR) is 147 cm³/mol. The van der Waals surface area contributed by atoms with E-state index in [2.05, 4.69) is 42.4 Å². The quantitative estimate of drug-likeness (QED) is 0.461. The number of fused-ring (bicyclic) bond motifs is 2. The van der Waals surface area contributed by atoms with E-state index in [-0.39, 0.29) is 36.8 Å². The van der Waals surface area contributed by atoms with Crippen molar-refractivity contribution in [2.75, 3.05) is 6.61 Å². The molecule has 4 N–H and O–H groups in total. The monoisotopic (exact) mass is 543 g/mol. The second-order valence-corrected chi connectivity index (χ2v) is 12.2. The van der Waals surface area contributed by atoms with Gasteiger partial charge in [-0.25, -0.2) is 14.8 Å². The van der Waals surface area contributed by atoms with Crippen LogP contribution in [0.4, 0.5) is 5.82 Å². The Labute approximate surface area is 224 Å². The molecule has 0 spiro atoms. The number of rotatable bonds is 8. The normalized spacial score (nSPS) is 28.5. The third kappa shape index (κ3) is 5.57. The van der Waals surface area contributed by atoms with Crippen LogP contribution in [0.25, 0.3) is 17.3 Å². The number of aliphatic hydroxyl groups is 1. The van der Waals surface area contributed by atoms with Gasteiger partial charge < -0.3 is 9.84 Å². The smallest absolute Gasteiger partial charge is 0.333 e. The lowest BCUT2D eigenvalue weighted by Crippen LogP contribution is -2.44. The molecule has 10 nitrogen and oxygen atoms in total. The summed E-state index contributed by atoms with van der Waals surface area (Å²) in [5.41, 5.74) is 4.21. The first-order valence-electron chi connectivity index (χ1n) is 13.3. The summed E-state index contributed by atoms with van der Waals surface area (Å²) in [5.74, 6) is 1.74. The lowest BCUT2D eigenvalue weighted by atomic mass is 9.83. The van der Waals surface area contributed by atoms with Crippen LogP contribution in [-0.4, -0.2) is 54.4 Å². The van der Waals surface area contributed by atoms with Gasteiger partial charge in [-0.3, -0.25) is 9.50 Å². The average molecular weight is 544 g/mol. The van der Waals surface area contributed by atoms with E-state index in [0.29, 0.717) is 18.8 Å². The molecular formula is C27H37N5O5S. The first kappa shape index (κ1) is 27.0. The van der Waals surface area contributed by atoms with Crippen LogP contribution in [0.15, 0.2) is 29.3 Å². The molecule has 0 bridgehead atoms. The molecule has 1 aliphatic heterocycles. The molecule has 3 unspecified atom stereocenters. The standard InChI is InChI=1S/C27H37N5O5S/c1-15(2)37-23-9-8-19-7-5-6-16(3)25(19)26(23)21-12-24-29-13-17(4)27(32(24)31-21)30-20-10-18(11-22(20)33)14-36-38(28,34)35/h5,7-9,12-13,15-18,20,22,27,30,33H,6,10-11,14H2,1-4H3,(H2,28,34,35)/t16?,17?,18-,20+,22+,27?/m0/s1. The van der Waals surface area contributed by atoms with Crippen LogP contribution in [0, 0.1) is 11.8 Å². The van der Waals surface area contributed by atoms with Crippen LogP contribution < -0.4 is 15.2 Å². The van der Waals surface area contributed by atoms with E-state index in [0.717, 1.165) is 29.2 Å². The van der Waals surface area contributed by atoms with E-state index in [9.17, 15) is 13.5 Å². The van der Waals surface area contributed by atoms with E-state index in [4.69, 9.17) is 19.2 Å². The summed E-state index contributed by atoms with van der Waals surface area (Å²) in [7, 11) is -4.02. The fourth-order valence-electron chi connectivity index (χ4n) is 5.80. The van der Waals surface area contributed by atoms with Crippen molar-refractivity contribution in [3.05, 3.63) is 35.4 Å². The molecule has 1 aromatic heterocycles. The molecule has 2 heterocycles. The number of hydrogen-bond donors (Lipinski definition) is 3. The number of aliphatic hydroxyl groups excluding tert-OH is 1. The van der Waals surface area contributed by atoms with Gasteiger partial charge in [0.1, 0.15) is 11.9 Å². The topological polar surface area (TPSA) is 141 Å². The summed E-state index contributed by atoms with van der Waals surface area (Å²) in [6.45, 7) is 8.27. The van der Waals surface area contributed by atoms with Crippen molar-refractivity contribution in [2.45, 2.75) is 77.3 Å². The number of allylic oxidation sites excluding steroid dienone is 1. The number of aliphatic imine (C=N–C) groups is 1. The molecular weight excluding hydrogens is 506 g/mol. The second-order valence-electron chi connectivity index (χ2n) is 11.0. The molecule has 0 saturated heterocycles. The van der Waals surface area contributed by atoms with Gasteiger partial charge in [0.15, 0.2) is 5.82 Å². The van der Waals surface area contributed by atoms with Crippen LogP contribution in [0.5, 0.6) is 5.75 Å². The Balaban J connectivity index is 1.46. The molecule has 0 radical (unpaired) electrons. The van der Waals surface area contributed by atoms with Crippen molar-refractivity contribution in [2.24, 2.45) is 22.0 Å². The average Bonchev–Trinajstić information content (AvgIpc) is 3.42. The molecule has 1 fully saturated rings. The molecule has 38 heavy (non-hydrogen) atoms. The number of nitrogens with zero attached hydrogens (tertiary/aromatic N) is 3. The van der Waals surface area contributed by atoms with Crippen molar-refractivity contribution in [1.29, 1.82) is 0 Å². The van der Waals surface area contributed by atoms with Gasteiger partial charge in [-0.1, -0.05) is 32.1 Å². The van der Waals surface area contributed by atoms with Gasteiger partial charge >= 0.3 is 10.3 Å². The highest BCUT2D eigenvalue weighted by Gasteiger charge is 2.38. The summed E-state index contributed by atoms with van der Waals surface area (Å²) >= 11 is 0. The molecule has 0 amide bonds. The molecule has 3 aliphatic rings. The zero-order chi connectivity index (χ0) is 27.2. The van der Waals surface area contributed by atoms with Crippen molar-refractivity contribution < 1.29 is 22.4 Å². The number of ether oxygens (including phenoxy) is 1. The number of nitrogens with one attached hydrogen (secondary N) is 1. The molecule has 11 heteroatoms. The number of aromatic nitrogens is 2. The fraction of sp³-hybridized carbons (Fsp3) is 0.556. The zero-order valence-corrected chi connectivity index (χ0v) is 23.1. The highest BCUT2D eigenvalue weighted by atomic mass is 32.2. The molecule has 206 valence electrons. The SMILES string of the molecule is CC(C)Oc1ccc2c(c1-c1cc3n(n1)C(N[C@@H]1C[C@H](COS(N)(=O)=O)C[C@H]1O)C(C)C=N3)C(C)CC=C2. The minimum absolute atomic E-state index is 0.0140. The van der Waals surface area contributed by atoms with E-state index in [1.54, 1.807) is 0 Å². The Morgan fingerprint density at radius 3 is 2.79 bits per heavy atom. The van der Waals surface area contributed by atoms with Gasteiger partial charge in [0.25, 0.3) is 0 Å². The van der Waals surface area contributed by atoms with Gasteiger partial charge in [-0.15, -0.1) is 0 Å². The Bertz CT molecular complexity index is 1350. The third-order valence-corrected chi connectivity index (χ3v) is 8.00. The van der Waals surface area contributed by atoms with Gasteiger partial charge in [0.05, 0.1) is 24.5 Å². The second kappa shape index (κ2) is 10.5. The first-order valence-corrected chi connectivity index (χ1v) is 14.7. The lowest BCUT2D eigenvalue weighted by molar-refractivity contribution is 0.125. The zero-order valence-electron chi connectivity index (χ0n) is 22.2. The van der Waals surface area contributed by atoms with Crippen LogP contribution in [0.1, 0.15) is 70.2 Å². The molecule has 6 atom stereocenters. The maximum atomic E-state index is 11.2. The van der Waals surface area contributed by atoms with Crippen molar-refractivity contribution >= 4 is 28.4 Å². The minimum atomic E-state index is -4.02. The number of nitrogens with two attached hydrogens (primary N) is 1. The Morgan fingerprint density at radius 1 is 1.26 bits per heavy atom. The first-order chi connectivity index (χ1) is 18.0. The summed E-state index contributed by atoms with van der Waals surface area (Å²) in [6, 6.07) is 5.88. The molecule has 2 aliphatic carbocycles. The predicted octanol–water partition coefficient (Wildman–Crippen LogP) is 3.66. The van der Waals surface area contributed by atoms with Gasteiger partial charge in [0, 0.05) is 29.8 Å². The minimum Gasteiger partial charge on any atom is -0.490 e. The summed E-state index contributed by atoms with van der Waals surface area (Å²) in [5, 5.41) is 24.3. The van der Waals surface area contributed by atoms with Crippen molar-refractivity contribution in [3.8, 4) is 17.0 Å². The third-order valence-electron chi connectivity index (χ3n) is 7.54. The highest BCUT2D eigenvalue weighted by Crippen LogP contribution is 2.44. The molecule has 5 rings (SSSR count).